The molecule has 146 valence electrons. The van der Waals surface area contributed by atoms with E-state index in [1.165, 1.54) is 5.56 Å². The Morgan fingerprint density at radius 2 is 1.93 bits per heavy atom. The van der Waals surface area contributed by atoms with Gasteiger partial charge >= 0.3 is 0 Å². The van der Waals surface area contributed by atoms with Gasteiger partial charge in [0, 0.05) is 30.6 Å². The molecule has 0 aliphatic carbocycles. The standard InChI is InChI=1S/C23H23N5O/c1-15-22(16(2)29-27-15)18-8-9-20-19(12-18)23(26-14-25-20)28-11-10-24-13-21(28)17-6-4-3-5-7-17/h3-9,12,14,21,24H,10-11,13H2,1-2H3. The molecule has 1 N–H and O–H groups in total. The monoisotopic (exact) mass is 385 g/mol. The highest BCUT2D eigenvalue weighted by atomic mass is 16.5. The number of anilines is 1. The van der Waals surface area contributed by atoms with Crippen LogP contribution in [0.4, 0.5) is 5.82 Å². The largest absolute Gasteiger partial charge is 0.361 e. The van der Waals surface area contributed by atoms with Crippen molar-refractivity contribution in [3.63, 3.8) is 0 Å². The normalized spacial score (nSPS) is 17.0. The van der Waals surface area contributed by atoms with Gasteiger partial charge < -0.3 is 14.7 Å². The average Bonchev–Trinajstić information content (AvgIpc) is 3.11. The lowest BCUT2D eigenvalue weighted by molar-refractivity contribution is 0.393. The van der Waals surface area contributed by atoms with Gasteiger partial charge in [-0.1, -0.05) is 41.6 Å². The highest BCUT2D eigenvalue weighted by Gasteiger charge is 2.26. The summed E-state index contributed by atoms with van der Waals surface area (Å²) in [6, 6.07) is 17.1. The first kappa shape index (κ1) is 17.8. The van der Waals surface area contributed by atoms with E-state index < -0.39 is 0 Å². The lowest BCUT2D eigenvalue weighted by Gasteiger charge is -2.38. The van der Waals surface area contributed by atoms with E-state index in [9.17, 15) is 0 Å². The Labute approximate surface area is 169 Å². The van der Waals surface area contributed by atoms with Crippen molar-refractivity contribution >= 4 is 16.7 Å². The van der Waals surface area contributed by atoms with E-state index in [0.29, 0.717) is 0 Å². The Hall–Kier alpha value is -3.25. The molecule has 6 nitrogen and oxygen atoms in total. The zero-order chi connectivity index (χ0) is 19.8. The predicted octanol–water partition coefficient (Wildman–Crippen LogP) is 4.05. The van der Waals surface area contributed by atoms with Crippen LogP contribution in [0.25, 0.3) is 22.0 Å². The molecular formula is C23H23N5O. The molecule has 2 aromatic carbocycles. The highest BCUT2D eigenvalue weighted by Crippen LogP contribution is 2.35. The minimum absolute atomic E-state index is 0.228. The van der Waals surface area contributed by atoms with Crippen LogP contribution in [0.2, 0.25) is 0 Å². The SMILES string of the molecule is Cc1noc(C)c1-c1ccc2ncnc(N3CCNCC3c3ccccc3)c2c1. The van der Waals surface area contributed by atoms with Crippen molar-refractivity contribution in [2.45, 2.75) is 19.9 Å². The summed E-state index contributed by atoms with van der Waals surface area (Å²) in [6.07, 6.45) is 1.66. The molecule has 0 saturated carbocycles. The van der Waals surface area contributed by atoms with Crippen LogP contribution >= 0.6 is 0 Å². The number of hydrogen-bond acceptors (Lipinski definition) is 6. The summed E-state index contributed by atoms with van der Waals surface area (Å²) in [4.78, 5) is 11.6. The second-order valence-electron chi connectivity index (χ2n) is 7.45. The Bertz CT molecular complexity index is 1140. The van der Waals surface area contributed by atoms with Crippen LogP contribution in [0.15, 0.2) is 59.4 Å². The van der Waals surface area contributed by atoms with Gasteiger partial charge in [0.25, 0.3) is 0 Å². The maximum absolute atomic E-state index is 5.38. The summed E-state index contributed by atoms with van der Waals surface area (Å²) in [5.74, 6) is 1.79. The van der Waals surface area contributed by atoms with Crippen LogP contribution < -0.4 is 10.2 Å². The number of nitrogens with one attached hydrogen (secondary N) is 1. The van der Waals surface area contributed by atoms with E-state index in [0.717, 1.165) is 58.9 Å². The summed E-state index contributed by atoms with van der Waals surface area (Å²) in [7, 11) is 0. The number of hydrogen-bond donors (Lipinski definition) is 1. The van der Waals surface area contributed by atoms with Crippen LogP contribution in [-0.4, -0.2) is 34.8 Å². The van der Waals surface area contributed by atoms with Crippen molar-refractivity contribution in [2.75, 3.05) is 24.5 Å². The molecule has 1 atom stereocenters. The Morgan fingerprint density at radius 1 is 1.07 bits per heavy atom. The average molecular weight is 385 g/mol. The molecule has 0 bridgehead atoms. The minimum Gasteiger partial charge on any atom is -0.361 e. The second kappa shape index (κ2) is 7.29. The second-order valence-corrected chi connectivity index (χ2v) is 7.45. The van der Waals surface area contributed by atoms with E-state index in [-0.39, 0.29) is 6.04 Å². The summed E-state index contributed by atoms with van der Waals surface area (Å²) >= 11 is 0. The fourth-order valence-corrected chi connectivity index (χ4v) is 4.25. The van der Waals surface area contributed by atoms with Crippen molar-refractivity contribution in [3.05, 3.63) is 71.9 Å². The van der Waals surface area contributed by atoms with Gasteiger partial charge in [-0.05, 0) is 37.1 Å². The van der Waals surface area contributed by atoms with Gasteiger partial charge in [-0.3, -0.25) is 0 Å². The highest BCUT2D eigenvalue weighted by molar-refractivity contribution is 5.93. The lowest BCUT2D eigenvalue weighted by Crippen LogP contribution is -2.46. The number of nitrogens with zero attached hydrogens (tertiary/aromatic N) is 4. The van der Waals surface area contributed by atoms with E-state index in [1.807, 2.05) is 13.8 Å². The third-order valence-electron chi connectivity index (χ3n) is 5.64. The lowest BCUT2D eigenvalue weighted by atomic mass is 10.00. The van der Waals surface area contributed by atoms with Gasteiger partial charge in [-0.25, -0.2) is 9.97 Å². The molecular weight excluding hydrogens is 362 g/mol. The van der Waals surface area contributed by atoms with Crippen LogP contribution in [0, 0.1) is 13.8 Å². The number of piperazine rings is 1. The maximum atomic E-state index is 5.38. The third-order valence-corrected chi connectivity index (χ3v) is 5.64. The number of aryl methyl sites for hydroxylation is 2. The Kier molecular flexibility index (Phi) is 4.48. The predicted molar refractivity (Wildman–Crippen MR) is 114 cm³/mol. The number of rotatable bonds is 3. The molecule has 1 aliphatic rings. The molecule has 1 fully saturated rings. The van der Waals surface area contributed by atoms with Gasteiger partial charge in [0.05, 0.1) is 17.3 Å². The number of aromatic nitrogens is 3. The molecule has 0 amide bonds. The molecule has 0 spiro atoms. The van der Waals surface area contributed by atoms with E-state index >= 15 is 0 Å². The molecule has 4 aromatic rings. The summed E-state index contributed by atoms with van der Waals surface area (Å²) < 4.78 is 5.38. The Morgan fingerprint density at radius 3 is 2.72 bits per heavy atom. The topological polar surface area (TPSA) is 67.1 Å². The van der Waals surface area contributed by atoms with Gasteiger partial charge in [-0.2, -0.15) is 0 Å². The quantitative estimate of drug-likeness (QED) is 0.574. The van der Waals surface area contributed by atoms with Gasteiger partial charge in [0.15, 0.2) is 0 Å². The molecule has 3 heterocycles. The molecule has 5 rings (SSSR count). The molecule has 6 heteroatoms. The van der Waals surface area contributed by atoms with E-state index in [2.05, 4.69) is 68.9 Å². The van der Waals surface area contributed by atoms with Gasteiger partial charge in [-0.15, -0.1) is 0 Å². The van der Waals surface area contributed by atoms with Gasteiger partial charge in [0.1, 0.15) is 17.9 Å². The molecule has 1 aliphatic heterocycles. The van der Waals surface area contributed by atoms with Crippen molar-refractivity contribution in [2.24, 2.45) is 0 Å². The van der Waals surface area contributed by atoms with Crippen LogP contribution in [0.1, 0.15) is 23.1 Å². The maximum Gasteiger partial charge on any atom is 0.141 e. The fraction of sp³-hybridized carbons (Fsp3) is 0.261. The molecule has 1 unspecified atom stereocenters. The van der Waals surface area contributed by atoms with Crippen LogP contribution in [0.5, 0.6) is 0 Å². The summed E-state index contributed by atoms with van der Waals surface area (Å²) in [5, 5.41) is 8.68. The first-order valence-corrected chi connectivity index (χ1v) is 9.92. The zero-order valence-electron chi connectivity index (χ0n) is 16.6. The number of benzene rings is 2. The summed E-state index contributed by atoms with van der Waals surface area (Å²) in [5.41, 5.74) is 5.24. The third kappa shape index (κ3) is 3.15. The van der Waals surface area contributed by atoms with Crippen molar-refractivity contribution in [1.82, 2.24) is 20.4 Å². The molecule has 2 aromatic heterocycles. The number of fused-ring (bicyclic) bond motifs is 1. The Balaban J connectivity index is 1.65. The zero-order valence-corrected chi connectivity index (χ0v) is 16.6. The fourth-order valence-electron chi connectivity index (χ4n) is 4.25. The molecule has 1 saturated heterocycles. The van der Waals surface area contributed by atoms with Gasteiger partial charge in [0.2, 0.25) is 0 Å². The van der Waals surface area contributed by atoms with Crippen molar-refractivity contribution < 1.29 is 4.52 Å². The summed E-state index contributed by atoms with van der Waals surface area (Å²) in [6.45, 7) is 6.63. The van der Waals surface area contributed by atoms with Crippen LogP contribution in [0.3, 0.4) is 0 Å². The van der Waals surface area contributed by atoms with E-state index in [4.69, 9.17) is 9.51 Å². The van der Waals surface area contributed by atoms with Crippen molar-refractivity contribution in [3.8, 4) is 11.1 Å². The van der Waals surface area contributed by atoms with Crippen LogP contribution in [-0.2, 0) is 0 Å². The van der Waals surface area contributed by atoms with Crippen molar-refractivity contribution in [1.29, 1.82) is 0 Å². The molecule has 0 radical (unpaired) electrons. The first-order chi connectivity index (χ1) is 14.2. The first-order valence-electron chi connectivity index (χ1n) is 9.92. The van der Waals surface area contributed by atoms with E-state index in [1.54, 1.807) is 6.33 Å². The molecule has 29 heavy (non-hydrogen) atoms. The minimum atomic E-state index is 0.228. The smallest absolute Gasteiger partial charge is 0.141 e.